The van der Waals surface area contributed by atoms with E-state index in [9.17, 15) is 4.79 Å². The normalized spacial score (nSPS) is 26.3. The zero-order valence-corrected chi connectivity index (χ0v) is 12.3. The highest BCUT2D eigenvalue weighted by Gasteiger charge is 2.31. The SMILES string of the molecule is CN(C)C1CCN(C(CN)CC(=O)N2CCCC2)C1. The summed E-state index contributed by atoms with van der Waals surface area (Å²) in [5.74, 6) is 0.293. The molecule has 0 bridgehead atoms. The number of carbonyl (C=O) groups is 1. The van der Waals surface area contributed by atoms with E-state index < -0.39 is 0 Å². The Labute approximate surface area is 116 Å². The topological polar surface area (TPSA) is 52.8 Å². The van der Waals surface area contributed by atoms with Gasteiger partial charge >= 0.3 is 0 Å². The van der Waals surface area contributed by atoms with Gasteiger partial charge in [0.05, 0.1) is 0 Å². The Kier molecular flexibility index (Phi) is 5.19. The van der Waals surface area contributed by atoms with Gasteiger partial charge in [-0.15, -0.1) is 0 Å². The molecule has 2 N–H and O–H groups in total. The van der Waals surface area contributed by atoms with Crippen LogP contribution in [0.3, 0.4) is 0 Å². The lowest BCUT2D eigenvalue weighted by molar-refractivity contribution is -0.131. The second-order valence-electron chi connectivity index (χ2n) is 6.08. The molecule has 2 fully saturated rings. The van der Waals surface area contributed by atoms with Crippen LogP contribution in [0.1, 0.15) is 25.7 Å². The number of nitrogens with two attached hydrogens (primary N) is 1. The van der Waals surface area contributed by atoms with Crippen molar-refractivity contribution in [1.82, 2.24) is 14.7 Å². The van der Waals surface area contributed by atoms with Crippen LogP contribution in [0.15, 0.2) is 0 Å². The summed E-state index contributed by atoms with van der Waals surface area (Å²) in [7, 11) is 4.25. The molecule has 0 aliphatic carbocycles. The van der Waals surface area contributed by atoms with Gasteiger partial charge in [-0.05, 0) is 33.4 Å². The molecular formula is C14H28N4O. The summed E-state index contributed by atoms with van der Waals surface area (Å²) in [6, 6.07) is 0.828. The molecule has 0 aromatic heterocycles. The van der Waals surface area contributed by atoms with Crippen LogP contribution in [0.5, 0.6) is 0 Å². The van der Waals surface area contributed by atoms with Crippen molar-refractivity contribution in [1.29, 1.82) is 0 Å². The third-order valence-electron chi connectivity index (χ3n) is 4.58. The average Bonchev–Trinajstić information content (AvgIpc) is 3.05. The maximum atomic E-state index is 12.2. The summed E-state index contributed by atoms with van der Waals surface area (Å²) in [6.45, 7) is 4.58. The molecule has 1 amide bonds. The van der Waals surface area contributed by atoms with Gasteiger partial charge in [0, 0.05) is 51.2 Å². The van der Waals surface area contributed by atoms with Crippen molar-refractivity contribution in [2.24, 2.45) is 5.73 Å². The van der Waals surface area contributed by atoms with Crippen molar-refractivity contribution in [2.45, 2.75) is 37.8 Å². The molecule has 0 radical (unpaired) electrons. The third-order valence-corrected chi connectivity index (χ3v) is 4.58. The minimum Gasteiger partial charge on any atom is -0.343 e. The van der Waals surface area contributed by atoms with Gasteiger partial charge in [-0.3, -0.25) is 9.69 Å². The Morgan fingerprint density at radius 3 is 2.53 bits per heavy atom. The molecule has 2 saturated heterocycles. The van der Waals surface area contributed by atoms with Crippen LogP contribution >= 0.6 is 0 Å². The summed E-state index contributed by atoms with van der Waals surface area (Å²) >= 11 is 0. The Morgan fingerprint density at radius 1 is 1.32 bits per heavy atom. The molecular weight excluding hydrogens is 240 g/mol. The van der Waals surface area contributed by atoms with Gasteiger partial charge in [-0.1, -0.05) is 0 Å². The number of likely N-dealkylation sites (N-methyl/N-ethyl adjacent to an activating group) is 1. The van der Waals surface area contributed by atoms with Gasteiger partial charge in [-0.25, -0.2) is 0 Å². The van der Waals surface area contributed by atoms with E-state index in [-0.39, 0.29) is 6.04 Å². The van der Waals surface area contributed by atoms with Crippen molar-refractivity contribution < 1.29 is 4.79 Å². The highest BCUT2D eigenvalue weighted by atomic mass is 16.2. The van der Waals surface area contributed by atoms with Gasteiger partial charge in [-0.2, -0.15) is 0 Å². The standard InChI is InChI=1S/C14H28N4O/c1-16(2)12-5-8-18(11-12)13(10-15)9-14(19)17-6-3-4-7-17/h12-13H,3-11,15H2,1-2H3. The predicted octanol–water partition coefficient (Wildman–Crippen LogP) is -0.0379. The van der Waals surface area contributed by atoms with Crippen molar-refractivity contribution in [3.63, 3.8) is 0 Å². The van der Waals surface area contributed by atoms with E-state index in [1.807, 2.05) is 4.90 Å². The van der Waals surface area contributed by atoms with Gasteiger partial charge < -0.3 is 15.5 Å². The average molecular weight is 268 g/mol. The van der Waals surface area contributed by atoms with Crippen LogP contribution < -0.4 is 5.73 Å². The third kappa shape index (κ3) is 3.68. The summed E-state index contributed by atoms with van der Waals surface area (Å²) < 4.78 is 0. The monoisotopic (exact) mass is 268 g/mol. The molecule has 0 saturated carbocycles. The fraction of sp³-hybridized carbons (Fsp3) is 0.929. The first-order valence-electron chi connectivity index (χ1n) is 7.50. The Hall–Kier alpha value is -0.650. The number of amides is 1. The Bertz CT molecular complexity index is 302. The summed E-state index contributed by atoms with van der Waals surface area (Å²) in [5, 5.41) is 0. The molecule has 0 aromatic carbocycles. The quantitative estimate of drug-likeness (QED) is 0.760. The first kappa shape index (κ1) is 14.8. The van der Waals surface area contributed by atoms with Crippen LogP contribution in [-0.4, -0.2) is 79.5 Å². The van der Waals surface area contributed by atoms with Crippen LogP contribution in [0, 0.1) is 0 Å². The minimum atomic E-state index is 0.220. The zero-order chi connectivity index (χ0) is 13.8. The molecule has 2 unspecified atom stereocenters. The van der Waals surface area contributed by atoms with Gasteiger partial charge in [0.15, 0.2) is 0 Å². The lowest BCUT2D eigenvalue weighted by Crippen LogP contribution is -2.44. The smallest absolute Gasteiger partial charge is 0.224 e. The highest BCUT2D eigenvalue weighted by molar-refractivity contribution is 5.77. The Morgan fingerprint density at radius 2 is 2.00 bits per heavy atom. The van der Waals surface area contributed by atoms with E-state index >= 15 is 0 Å². The lowest BCUT2D eigenvalue weighted by atomic mass is 10.1. The van der Waals surface area contributed by atoms with E-state index in [4.69, 9.17) is 5.73 Å². The first-order chi connectivity index (χ1) is 9.11. The number of hydrogen-bond donors (Lipinski definition) is 1. The second kappa shape index (κ2) is 6.68. The summed E-state index contributed by atoms with van der Waals surface area (Å²) in [4.78, 5) is 18.9. The number of hydrogen-bond acceptors (Lipinski definition) is 4. The van der Waals surface area contributed by atoms with Crippen LogP contribution in [0.4, 0.5) is 0 Å². The number of rotatable bonds is 5. The molecule has 19 heavy (non-hydrogen) atoms. The predicted molar refractivity (Wildman–Crippen MR) is 76.9 cm³/mol. The molecule has 2 rings (SSSR count). The Balaban J connectivity index is 1.84. The molecule has 110 valence electrons. The van der Waals surface area contributed by atoms with Crippen LogP contribution in [-0.2, 0) is 4.79 Å². The van der Waals surface area contributed by atoms with Crippen LogP contribution in [0.2, 0.25) is 0 Å². The molecule has 0 spiro atoms. The van der Waals surface area contributed by atoms with E-state index in [0.29, 0.717) is 24.9 Å². The van der Waals surface area contributed by atoms with Crippen LogP contribution in [0.25, 0.3) is 0 Å². The maximum absolute atomic E-state index is 12.2. The number of likely N-dealkylation sites (tertiary alicyclic amines) is 2. The van der Waals surface area contributed by atoms with Gasteiger partial charge in [0.1, 0.15) is 0 Å². The maximum Gasteiger partial charge on any atom is 0.224 e. The van der Waals surface area contributed by atoms with Crippen molar-refractivity contribution in [3.8, 4) is 0 Å². The molecule has 2 aliphatic rings. The van der Waals surface area contributed by atoms with Gasteiger partial charge in [0.25, 0.3) is 0 Å². The highest BCUT2D eigenvalue weighted by Crippen LogP contribution is 2.19. The summed E-state index contributed by atoms with van der Waals surface area (Å²) in [6.07, 6.45) is 4.09. The molecule has 0 aromatic rings. The van der Waals surface area contributed by atoms with Crippen molar-refractivity contribution in [3.05, 3.63) is 0 Å². The molecule has 5 nitrogen and oxygen atoms in total. The molecule has 2 heterocycles. The zero-order valence-electron chi connectivity index (χ0n) is 12.3. The summed E-state index contributed by atoms with van der Waals surface area (Å²) in [5.41, 5.74) is 5.90. The second-order valence-corrected chi connectivity index (χ2v) is 6.08. The van der Waals surface area contributed by atoms with Crippen molar-refractivity contribution >= 4 is 5.91 Å². The van der Waals surface area contributed by atoms with E-state index in [0.717, 1.165) is 39.0 Å². The fourth-order valence-electron chi connectivity index (χ4n) is 3.18. The number of carbonyl (C=O) groups excluding carboxylic acids is 1. The minimum absolute atomic E-state index is 0.220. The molecule has 5 heteroatoms. The first-order valence-corrected chi connectivity index (χ1v) is 7.50. The molecule has 2 atom stereocenters. The van der Waals surface area contributed by atoms with E-state index in [1.165, 1.54) is 6.42 Å². The number of nitrogens with zero attached hydrogens (tertiary/aromatic N) is 3. The van der Waals surface area contributed by atoms with E-state index in [1.54, 1.807) is 0 Å². The lowest BCUT2D eigenvalue weighted by Gasteiger charge is -2.28. The van der Waals surface area contributed by atoms with Gasteiger partial charge in [0.2, 0.25) is 5.91 Å². The van der Waals surface area contributed by atoms with Crippen molar-refractivity contribution in [2.75, 3.05) is 46.8 Å². The fourth-order valence-corrected chi connectivity index (χ4v) is 3.18. The largest absolute Gasteiger partial charge is 0.343 e. The van der Waals surface area contributed by atoms with E-state index in [2.05, 4.69) is 23.9 Å². The molecule has 2 aliphatic heterocycles.